The predicted molar refractivity (Wildman–Crippen MR) is 125 cm³/mol. The lowest BCUT2D eigenvalue weighted by Gasteiger charge is -2.29. The van der Waals surface area contributed by atoms with Crippen molar-refractivity contribution in [3.63, 3.8) is 0 Å². The van der Waals surface area contributed by atoms with Gasteiger partial charge in [-0.3, -0.25) is 0 Å². The molecule has 0 saturated carbocycles. The summed E-state index contributed by atoms with van der Waals surface area (Å²) in [5.41, 5.74) is 1.70. The second-order valence-electron chi connectivity index (χ2n) is 8.04. The van der Waals surface area contributed by atoms with Crippen LogP contribution in [0.25, 0.3) is 0 Å². The van der Waals surface area contributed by atoms with Gasteiger partial charge in [-0.2, -0.15) is 9.57 Å². The molecule has 34 heavy (non-hydrogen) atoms. The number of hydrogen-bond acceptors (Lipinski definition) is 9. The van der Waals surface area contributed by atoms with Crippen molar-refractivity contribution < 1.29 is 22.7 Å². The third-order valence-electron chi connectivity index (χ3n) is 6.00. The number of nitrogens with zero attached hydrogens (tertiary/aromatic N) is 5. The van der Waals surface area contributed by atoms with Gasteiger partial charge in [-0.15, -0.1) is 0 Å². The van der Waals surface area contributed by atoms with Gasteiger partial charge in [0, 0.05) is 51.2 Å². The van der Waals surface area contributed by atoms with Crippen LogP contribution in [0.2, 0.25) is 0 Å². The minimum Gasteiger partial charge on any atom is -0.465 e. The summed E-state index contributed by atoms with van der Waals surface area (Å²) in [7, 11) is -2.65. The lowest BCUT2D eigenvalue weighted by atomic mass is 10.2. The molecule has 2 aliphatic heterocycles. The lowest BCUT2D eigenvalue weighted by Crippen LogP contribution is -2.41. The van der Waals surface area contributed by atoms with E-state index in [4.69, 9.17) is 14.7 Å². The number of nitriles is 1. The zero-order valence-electron chi connectivity index (χ0n) is 19.0. The van der Waals surface area contributed by atoms with Crippen LogP contribution in [0.3, 0.4) is 0 Å². The second kappa shape index (κ2) is 10.4. The van der Waals surface area contributed by atoms with Gasteiger partial charge in [0.1, 0.15) is 10.7 Å². The van der Waals surface area contributed by atoms with Crippen LogP contribution < -0.4 is 9.80 Å². The molecule has 3 heterocycles. The first-order valence-electron chi connectivity index (χ1n) is 11.1. The minimum atomic E-state index is -3.89. The molecule has 1 aromatic heterocycles. The van der Waals surface area contributed by atoms with Crippen molar-refractivity contribution in [3.05, 3.63) is 47.7 Å². The summed E-state index contributed by atoms with van der Waals surface area (Å²) in [6.07, 6.45) is 2.15. The maximum absolute atomic E-state index is 13.6. The van der Waals surface area contributed by atoms with Crippen LogP contribution in [0, 0.1) is 11.3 Å². The number of benzene rings is 1. The molecule has 0 radical (unpaired) electrons. The summed E-state index contributed by atoms with van der Waals surface area (Å²) < 4.78 is 38.6. The number of carbonyl (C=O) groups is 1. The van der Waals surface area contributed by atoms with Crippen molar-refractivity contribution in [3.8, 4) is 6.07 Å². The molecule has 0 unspecified atom stereocenters. The standard InChI is InChI=1S/C23H27N5O5S/c1-32-23(29)19-15-21(34(30,31)28-11-13-33-14-12-28)22(25-17-19)27-8-2-7-26(9-10-27)20-5-3-18(16-24)4-6-20/h3-6,15,17H,2,7-14H2,1H3. The van der Waals surface area contributed by atoms with Crippen molar-refractivity contribution in [1.82, 2.24) is 9.29 Å². The normalized spacial score (nSPS) is 17.6. The lowest BCUT2D eigenvalue weighted by molar-refractivity contribution is 0.0599. The molecule has 2 aliphatic rings. The molecule has 1 aromatic carbocycles. The maximum Gasteiger partial charge on any atom is 0.339 e. The van der Waals surface area contributed by atoms with E-state index >= 15 is 0 Å². The van der Waals surface area contributed by atoms with Gasteiger partial charge in [0.2, 0.25) is 10.0 Å². The molecule has 0 atom stereocenters. The maximum atomic E-state index is 13.6. The Morgan fingerprint density at radius 1 is 1.06 bits per heavy atom. The van der Waals surface area contributed by atoms with E-state index in [-0.39, 0.29) is 23.5 Å². The van der Waals surface area contributed by atoms with E-state index in [1.165, 1.54) is 23.7 Å². The average molecular weight is 486 g/mol. The highest BCUT2D eigenvalue weighted by atomic mass is 32.2. The number of ether oxygens (including phenoxy) is 2. The molecule has 10 nitrogen and oxygen atoms in total. The van der Waals surface area contributed by atoms with Crippen molar-refractivity contribution in [2.45, 2.75) is 11.3 Å². The second-order valence-corrected chi connectivity index (χ2v) is 9.95. The van der Waals surface area contributed by atoms with E-state index in [0.717, 1.165) is 18.7 Å². The molecule has 4 rings (SSSR count). The molecule has 11 heteroatoms. The monoisotopic (exact) mass is 485 g/mol. The van der Waals surface area contributed by atoms with Crippen LogP contribution >= 0.6 is 0 Å². The van der Waals surface area contributed by atoms with E-state index in [9.17, 15) is 13.2 Å². The van der Waals surface area contributed by atoms with E-state index in [1.807, 2.05) is 17.0 Å². The Balaban J connectivity index is 1.63. The van der Waals surface area contributed by atoms with Gasteiger partial charge in [0.05, 0.1) is 37.5 Å². The Hall–Kier alpha value is -3.20. The molecular formula is C23H27N5O5S. The number of anilines is 2. The fraction of sp³-hybridized carbons (Fsp3) is 0.435. The summed E-state index contributed by atoms with van der Waals surface area (Å²) in [5.74, 6) is -0.304. The molecule has 0 N–H and O–H groups in total. The first-order chi connectivity index (χ1) is 16.4. The van der Waals surface area contributed by atoms with Gasteiger partial charge in [-0.05, 0) is 36.8 Å². The molecule has 0 bridgehead atoms. The number of hydrogen-bond donors (Lipinski definition) is 0. The predicted octanol–water partition coefficient (Wildman–Crippen LogP) is 1.48. The van der Waals surface area contributed by atoms with Crippen molar-refractivity contribution >= 4 is 27.5 Å². The largest absolute Gasteiger partial charge is 0.465 e. The van der Waals surface area contributed by atoms with Crippen LogP contribution in [-0.4, -0.2) is 83.3 Å². The quantitative estimate of drug-likeness (QED) is 0.581. The van der Waals surface area contributed by atoms with Crippen molar-refractivity contribution in [2.75, 3.05) is 69.4 Å². The van der Waals surface area contributed by atoms with Gasteiger partial charge >= 0.3 is 5.97 Å². The average Bonchev–Trinajstić information content (AvgIpc) is 3.15. The van der Waals surface area contributed by atoms with E-state index < -0.39 is 16.0 Å². The van der Waals surface area contributed by atoms with Crippen LogP contribution in [0.5, 0.6) is 0 Å². The number of rotatable bonds is 5. The van der Waals surface area contributed by atoms with Gasteiger partial charge in [0.25, 0.3) is 0 Å². The highest BCUT2D eigenvalue weighted by Gasteiger charge is 2.32. The molecule has 180 valence electrons. The van der Waals surface area contributed by atoms with Gasteiger partial charge in [0.15, 0.2) is 0 Å². The Morgan fingerprint density at radius 3 is 2.41 bits per heavy atom. The van der Waals surface area contributed by atoms with Crippen molar-refractivity contribution in [1.29, 1.82) is 5.26 Å². The fourth-order valence-corrected chi connectivity index (χ4v) is 5.75. The third kappa shape index (κ3) is 4.99. The minimum absolute atomic E-state index is 0.00382. The number of pyridine rings is 1. The van der Waals surface area contributed by atoms with E-state index in [1.54, 1.807) is 12.1 Å². The van der Waals surface area contributed by atoms with Crippen LogP contribution in [0.15, 0.2) is 41.4 Å². The third-order valence-corrected chi connectivity index (χ3v) is 7.90. The fourth-order valence-electron chi connectivity index (χ4n) is 4.15. The SMILES string of the molecule is COC(=O)c1cnc(N2CCCN(c3ccc(C#N)cc3)CC2)c(S(=O)(=O)N2CCOCC2)c1. The summed E-state index contributed by atoms with van der Waals surface area (Å²) in [6.45, 7) is 3.74. The molecule has 0 amide bonds. The summed E-state index contributed by atoms with van der Waals surface area (Å²) in [5, 5.41) is 9.03. The van der Waals surface area contributed by atoms with Gasteiger partial charge in [-0.25, -0.2) is 18.2 Å². The smallest absolute Gasteiger partial charge is 0.339 e. The number of carbonyl (C=O) groups excluding carboxylic acids is 1. The summed E-state index contributed by atoms with van der Waals surface area (Å²) in [4.78, 5) is 20.7. The van der Waals surface area contributed by atoms with Crippen molar-refractivity contribution in [2.24, 2.45) is 0 Å². The van der Waals surface area contributed by atoms with E-state index in [2.05, 4.69) is 16.0 Å². The number of aromatic nitrogens is 1. The summed E-state index contributed by atoms with van der Waals surface area (Å²) >= 11 is 0. The number of sulfonamides is 1. The first-order valence-corrected chi connectivity index (χ1v) is 12.5. The Bertz CT molecular complexity index is 1170. The zero-order chi connectivity index (χ0) is 24.1. The Kier molecular flexibility index (Phi) is 7.31. The number of methoxy groups -OCH3 is 1. The highest BCUT2D eigenvalue weighted by molar-refractivity contribution is 7.89. The Labute approximate surface area is 199 Å². The van der Waals surface area contributed by atoms with Crippen LogP contribution in [0.4, 0.5) is 11.5 Å². The van der Waals surface area contributed by atoms with E-state index in [0.29, 0.717) is 44.2 Å². The highest BCUT2D eigenvalue weighted by Crippen LogP contribution is 2.29. The molecule has 2 aromatic rings. The molecular weight excluding hydrogens is 458 g/mol. The number of esters is 1. The zero-order valence-corrected chi connectivity index (χ0v) is 19.8. The molecule has 2 saturated heterocycles. The molecule has 0 aliphatic carbocycles. The Morgan fingerprint density at radius 2 is 1.74 bits per heavy atom. The van der Waals surface area contributed by atoms with Gasteiger partial charge in [-0.1, -0.05) is 0 Å². The molecule has 2 fully saturated rings. The van der Waals surface area contributed by atoms with Crippen LogP contribution in [-0.2, 0) is 19.5 Å². The van der Waals surface area contributed by atoms with Crippen LogP contribution in [0.1, 0.15) is 22.3 Å². The first kappa shape index (κ1) is 23.9. The summed E-state index contributed by atoms with van der Waals surface area (Å²) in [6, 6.07) is 10.9. The topological polar surface area (TPSA) is 116 Å². The molecule has 0 spiro atoms. The number of morpholine rings is 1. The van der Waals surface area contributed by atoms with Gasteiger partial charge < -0.3 is 19.3 Å².